The number of hydrogen-bond acceptors (Lipinski definition) is 5. The summed E-state index contributed by atoms with van der Waals surface area (Å²) in [4.78, 5) is 7.01. The van der Waals surface area contributed by atoms with Crippen molar-refractivity contribution in [2.75, 3.05) is 0 Å². The van der Waals surface area contributed by atoms with E-state index in [9.17, 15) is 13.2 Å². The van der Waals surface area contributed by atoms with Gasteiger partial charge in [-0.3, -0.25) is 10.1 Å². The quantitative estimate of drug-likeness (QED) is 0.654. The Kier molecular flexibility index (Phi) is 3.30. The highest BCUT2D eigenvalue weighted by molar-refractivity contribution is 5.97. The Morgan fingerprint density at radius 3 is 2.60 bits per heavy atom. The van der Waals surface area contributed by atoms with E-state index in [0.717, 1.165) is 12.1 Å². The van der Waals surface area contributed by atoms with Crippen molar-refractivity contribution in [3.8, 4) is 11.9 Å². The number of ether oxygens (including phenoxy) is 1. The lowest BCUT2D eigenvalue weighted by Crippen LogP contribution is -2.16. The van der Waals surface area contributed by atoms with Crippen LogP contribution in [-0.4, -0.2) is 25.6 Å². The maximum absolute atomic E-state index is 12.6. The first-order valence-corrected chi connectivity index (χ1v) is 5.23. The van der Waals surface area contributed by atoms with Crippen LogP contribution in [0.15, 0.2) is 18.5 Å². The molecule has 10 heteroatoms. The van der Waals surface area contributed by atoms with E-state index in [1.165, 1.54) is 11.0 Å². The van der Waals surface area contributed by atoms with Gasteiger partial charge in [0.2, 0.25) is 5.88 Å². The number of nitrogens with zero attached hydrogens (tertiary/aromatic N) is 4. The minimum Gasteiger partial charge on any atom is -0.403 e. The summed E-state index contributed by atoms with van der Waals surface area (Å²) in [5.41, 5.74) is 4.03. The number of pyridine rings is 1. The lowest BCUT2D eigenvalue weighted by Gasteiger charge is -2.10. The van der Waals surface area contributed by atoms with Gasteiger partial charge in [0.25, 0.3) is 0 Å². The van der Waals surface area contributed by atoms with Crippen LogP contribution in [0.25, 0.3) is 0 Å². The molecule has 2 heterocycles. The number of nitrogens with two attached hydrogens (primary N) is 1. The number of halogens is 3. The van der Waals surface area contributed by atoms with E-state index >= 15 is 0 Å². The summed E-state index contributed by atoms with van der Waals surface area (Å²) in [7, 11) is 1.56. The van der Waals surface area contributed by atoms with Gasteiger partial charge in [-0.1, -0.05) is 0 Å². The first-order chi connectivity index (χ1) is 9.27. The normalized spacial score (nSPS) is 11.4. The highest BCUT2D eigenvalue weighted by Crippen LogP contribution is 2.31. The molecular weight excluding hydrogens is 277 g/mol. The van der Waals surface area contributed by atoms with E-state index in [0.29, 0.717) is 0 Å². The van der Waals surface area contributed by atoms with Crippen LogP contribution < -0.4 is 10.5 Å². The number of aromatic nitrogens is 4. The molecule has 0 atom stereocenters. The molecule has 7 nitrogen and oxygen atoms in total. The molecule has 0 fully saturated rings. The van der Waals surface area contributed by atoms with Gasteiger partial charge < -0.3 is 10.5 Å². The second-order valence-electron chi connectivity index (χ2n) is 3.76. The van der Waals surface area contributed by atoms with Crippen molar-refractivity contribution in [3.63, 3.8) is 0 Å². The van der Waals surface area contributed by atoms with Gasteiger partial charge in [0, 0.05) is 7.05 Å². The molecule has 0 amide bonds. The van der Waals surface area contributed by atoms with Crippen molar-refractivity contribution < 1.29 is 17.9 Å². The van der Waals surface area contributed by atoms with Gasteiger partial charge >= 0.3 is 12.2 Å². The maximum Gasteiger partial charge on any atom is 0.433 e. The van der Waals surface area contributed by atoms with Crippen LogP contribution in [-0.2, 0) is 13.2 Å². The molecular formula is C10H9F3N6O. The molecule has 0 radical (unpaired) electrons. The zero-order chi connectivity index (χ0) is 14.9. The molecule has 0 aromatic carbocycles. The number of amidine groups is 1. The van der Waals surface area contributed by atoms with Gasteiger partial charge in [0.1, 0.15) is 17.9 Å². The van der Waals surface area contributed by atoms with Crippen LogP contribution in [0.4, 0.5) is 13.2 Å². The van der Waals surface area contributed by atoms with Crippen LogP contribution >= 0.6 is 0 Å². The number of hydrogen-bond donors (Lipinski definition) is 2. The van der Waals surface area contributed by atoms with Crippen molar-refractivity contribution in [2.45, 2.75) is 6.18 Å². The molecule has 0 bridgehead atoms. The predicted octanol–water partition coefficient (Wildman–Crippen LogP) is 1.31. The van der Waals surface area contributed by atoms with E-state index in [2.05, 4.69) is 15.1 Å². The average Bonchev–Trinajstić information content (AvgIpc) is 2.73. The number of nitrogen functional groups attached to an aromatic ring is 1. The van der Waals surface area contributed by atoms with E-state index in [1.54, 1.807) is 7.05 Å². The zero-order valence-electron chi connectivity index (χ0n) is 10.1. The molecule has 0 aliphatic heterocycles. The monoisotopic (exact) mass is 286 g/mol. The summed E-state index contributed by atoms with van der Waals surface area (Å²) in [6.45, 7) is 0. The van der Waals surface area contributed by atoms with Gasteiger partial charge in [0.05, 0.1) is 5.56 Å². The van der Waals surface area contributed by atoms with Crippen LogP contribution in [0.3, 0.4) is 0 Å². The van der Waals surface area contributed by atoms with Crippen molar-refractivity contribution in [2.24, 2.45) is 12.8 Å². The Morgan fingerprint density at radius 2 is 2.10 bits per heavy atom. The van der Waals surface area contributed by atoms with Gasteiger partial charge in [-0.15, -0.1) is 5.10 Å². The van der Waals surface area contributed by atoms with Crippen LogP contribution in [0.5, 0.6) is 11.9 Å². The summed E-state index contributed by atoms with van der Waals surface area (Å²) in [5.74, 6) is -0.948. The number of alkyl halides is 3. The van der Waals surface area contributed by atoms with Gasteiger partial charge in [-0.2, -0.15) is 18.2 Å². The SMILES string of the molecule is Cn1cnc(Oc2nc(C(F)(F)F)ccc2C(=N)N)n1. The Balaban J connectivity index is 2.44. The lowest BCUT2D eigenvalue weighted by molar-refractivity contribution is -0.141. The zero-order valence-corrected chi connectivity index (χ0v) is 10.1. The molecule has 0 saturated heterocycles. The van der Waals surface area contributed by atoms with Crippen LogP contribution in [0.2, 0.25) is 0 Å². The second-order valence-corrected chi connectivity index (χ2v) is 3.76. The molecule has 0 aliphatic carbocycles. The number of nitrogens with one attached hydrogen (secondary N) is 1. The minimum atomic E-state index is -4.63. The molecule has 106 valence electrons. The molecule has 2 aromatic rings. The summed E-state index contributed by atoms with van der Waals surface area (Å²) in [5, 5.41) is 11.1. The topological polar surface area (TPSA) is 103 Å². The van der Waals surface area contributed by atoms with E-state index in [4.69, 9.17) is 15.9 Å². The third kappa shape index (κ3) is 2.84. The first-order valence-electron chi connectivity index (χ1n) is 5.23. The third-order valence-electron chi connectivity index (χ3n) is 2.21. The summed E-state index contributed by atoms with van der Waals surface area (Å²) in [6, 6.07) is 1.54. The highest BCUT2D eigenvalue weighted by Gasteiger charge is 2.33. The minimum absolute atomic E-state index is 0.0783. The second kappa shape index (κ2) is 4.79. The smallest absolute Gasteiger partial charge is 0.403 e. The molecule has 0 unspecified atom stereocenters. The third-order valence-corrected chi connectivity index (χ3v) is 2.21. The Bertz CT molecular complexity index is 651. The van der Waals surface area contributed by atoms with Crippen molar-refractivity contribution in [1.82, 2.24) is 19.7 Å². The molecule has 0 spiro atoms. The number of rotatable bonds is 3. The maximum atomic E-state index is 12.6. The lowest BCUT2D eigenvalue weighted by atomic mass is 10.2. The number of aryl methyl sites for hydroxylation is 1. The molecule has 3 N–H and O–H groups in total. The molecule has 2 aromatic heterocycles. The predicted molar refractivity (Wildman–Crippen MR) is 61.3 cm³/mol. The fourth-order valence-electron chi connectivity index (χ4n) is 1.33. The first kappa shape index (κ1) is 13.8. The Labute approximate surface area is 110 Å². The molecule has 0 aliphatic rings. The van der Waals surface area contributed by atoms with Gasteiger partial charge in [-0.05, 0) is 12.1 Å². The fraction of sp³-hybridized carbons (Fsp3) is 0.200. The highest BCUT2D eigenvalue weighted by atomic mass is 19.4. The molecule has 0 saturated carbocycles. The Morgan fingerprint density at radius 1 is 1.40 bits per heavy atom. The van der Waals surface area contributed by atoms with E-state index < -0.39 is 23.6 Å². The average molecular weight is 286 g/mol. The summed E-state index contributed by atoms with van der Waals surface area (Å²) < 4.78 is 44.2. The van der Waals surface area contributed by atoms with E-state index in [-0.39, 0.29) is 11.6 Å². The van der Waals surface area contributed by atoms with Crippen LogP contribution in [0, 0.1) is 5.41 Å². The van der Waals surface area contributed by atoms with Gasteiger partial charge in [-0.25, -0.2) is 4.98 Å². The standard InChI is InChI=1S/C10H9F3N6O/c1-19-4-16-9(18-19)20-8-5(7(14)15)2-3-6(17-8)10(11,12)13/h2-4H,1H3,(H3,14,15). The molecule has 20 heavy (non-hydrogen) atoms. The summed E-state index contributed by atoms with van der Waals surface area (Å²) >= 11 is 0. The van der Waals surface area contributed by atoms with Gasteiger partial charge in [0.15, 0.2) is 0 Å². The van der Waals surface area contributed by atoms with Crippen LogP contribution in [0.1, 0.15) is 11.3 Å². The Hall–Kier alpha value is -2.65. The summed E-state index contributed by atoms with van der Waals surface area (Å²) in [6.07, 6.45) is -3.33. The van der Waals surface area contributed by atoms with E-state index in [1.807, 2.05) is 0 Å². The van der Waals surface area contributed by atoms with Crippen molar-refractivity contribution >= 4 is 5.84 Å². The van der Waals surface area contributed by atoms with Crippen molar-refractivity contribution in [1.29, 1.82) is 5.41 Å². The fourth-order valence-corrected chi connectivity index (χ4v) is 1.33. The van der Waals surface area contributed by atoms with Crippen molar-refractivity contribution in [3.05, 3.63) is 29.7 Å². The molecule has 2 rings (SSSR count). The largest absolute Gasteiger partial charge is 0.433 e.